The zero-order chi connectivity index (χ0) is 23.8. The third-order valence-corrected chi connectivity index (χ3v) is 6.32. The van der Waals surface area contributed by atoms with Crippen molar-refractivity contribution in [2.45, 2.75) is 51.7 Å². The van der Waals surface area contributed by atoms with E-state index in [2.05, 4.69) is 60.1 Å². The maximum Gasteiger partial charge on any atom is 0.119 e. The summed E-state index contributed by atoms with van der Waals surface area (Å²) in [4.78, 5) is 2.22. The molecule has 0 radical (unpaired) electrons. The van der Waals surface area contributed by atoms with Crippen LogP contribution < -0.4 is 15.8 Å². The van der Waals surface area contributed by atoms with Crippen LogP contribution in [0.1, 0.15) is 45.6 Å². The van der Waals surface area contributed by atoms with Gasteiger partial charge in [-0.15, -0.1) is 0 Å². The summed E-state index contributed by atoms with van der Waals surface area (Å²) >= 11 is 0. The van der Waals surface area contributed by atoms with Crippen molar-refractivity contribution in [2.75, 3.05) is 32.8 Å². The van der Waals surface area contributed by atoms with Gasteiger partial charge in [-0.2, -0.15) is 0 Å². The number of hydrogen-bond acceptors (Lipinski definition) is 4. The molecule has 3 rings (SSSR count). The first-order valence-electron chi connectivity index (χ1n) is 12.2. The lowest BCUT2D eigenvalue weighted by Crippen LogP contribution is -2.41. The Labute approximate surface area is 199 Å². The number of nitrogens with one attached hydrogen (secondary N) is 1. The molecule has 1 heterocycles. The van der Waals surface area contributed by atoms with Crippen LogP contribution in [-0.2, 0) is 0 Å². The summed E-state index contributed by atoms with van der Waals surface area (Å²) in [6, 6.07) is 16.8. The maximum absolute atomic E-state index is 13.8. The summed E-state index contributed by atoms with van der Waals surface area (Å²) in [7, 11) is 0. The van der Waals surface area contributed by atoms with Gasteiger partial charge >= 0.3 is 0 Å². The van der Waals surface area contributed by atoms with Crippen LogP contribution in [0, 0.1) is 5.92 Å². The number of nitrogens with two attached hydrogens (primary N) is 1. The first-order chi connectivity index (χ1) is 15.7. The van der Waals surface area contributed by atoms with Gasteiger partial charge in [0.05, 0.1) is 6.61 Å². The third-order valence-electron chi connectivity index (χ3n) is 6.32. The molecule has 1 unspecified atom stereocenters. The monoisotopic (exact) mass is 453 g/mol. The van der Waals surface area contributed by atoms with Crippen molar-refractivity contribution in [3.05, 3.63) is 60.7 Å². The lowest BCUT2D eigenvalue weighted by Gasteiger charge is -2.34. The SMILES string of the molecule is C=C(NCC(N)CC)c1ccc(-c2ccc(OCC3CCN(CC(C)(C)F)CC3)cc2)cc1. The first kappa shape index (κ1) is 25.3. The normalized spacial score (nSPS) is 16.4. The molecule has 3 N–H and O–H groups in total. The fraction of sp³-hybridized carbons (Fsp3) is 0.500. The van der Waals surface area contributed by atoms with Gasteiger partial charge in [0.1, 0.15) is 11.4 Å². The van der Waals surface area contributed by atoms with Gasteiger partial charge < -0.3 is 20.7 Å². The smallest absolute Gasteiger partial charge is 0.119 e. The molecule has 1 fully saturated rings. The number of halogens is 1. The topological polar surface area (TPSA) is 50.5 Å². The third kappa shape index (κ3) is 8.17. The molecule has 0 aromatic heterocycles. The fourth-order valence-electron chi connectivity index (χ4n) is 4.17. The Morgan fingerprint density at radius 1 is 1.12 bits per heavy atom. The van der Waals surface area contributed by atoms with Gasteiger partial charge in [-0.25, -0.2) is 4.39 Å². The Morgan fingerprint density at radius 3 is 2.24 bits per heavy atom. The average molecular weight is 454 g/mol. The van der Waals surface area contributed by atoms with Gasteiger partial charge in [-0.05, 0) is 80.9 Å². The lowest BCUT2D eigenvalue weighted by molar-refractivity contribution is 0.0836. The van der Waals surface area contributed by atoms with E-state index in [0.29, 0.717) is 12.5 Å². The summed E-state index contributed by atoms with van der Waals surface area (Å²) in [6.45, 7) is 13.4. The highest BCUT2D eigenvalue weighted by Gasteiger charge is 2.25. The number of likely N-dealkylation sites (tertiary alicyclic amines) is 1. The van der Waals surface area contributed by atoms with Gasteiger partial charge in [0.15, 0.2) is 0 Å². The quantitative estimate of drug-likeness (QED) is 0.472. The van der Waals surface area contributed by atoms with Gasteiger partial charge in [0.2, 0.25) is 0 Å². The van der Waals surface area contributed by atoms with E-state index in [9.17, 15) is 4.39 Å². The zero-order valence-corrected chi connectivity index (χ0v) is 20.4. The highest BCUT2D eigenvalue weighted by Crippen LogP contribution is 2.26. The van der Waals surface area contributed by atoms with Crippen molar-refractivity contribution in [3.8, 4) is 16.9 Å². The van der Waals surface area contributed by atoms with Crippen LogP contribution in [0.15, 0.2) is 55.1 Å². The summed E-state index contributed by atoms with van der Waals surface area (Å²) in [5.74, 6) is 1.43. The largest absolute Gasteiger partial charge is 0.493 e. The molecule has 180 valence electrons. The Kier molecular flexibility index (Phi) is 8.93. The van der Waals surface area contributed by atoms with E-state index >= 15 is 0 Å². The second kappa shape index (κ2) is 11.7. The highest BCUT2D eigenvalue weighted by molar-refractivity contribution is 5.69. The maximum atomic E-state index is 13.8. The standard InChI is InChI=1S/C28H40FN3O/c1-5-26(30)18-31-21(2)23-6-8-24(9-7-23)25-10-12-27(13-11-25)33-19-22-14-16-32(17-15-22)20-28(3,4)29/h6-13,22,26,31H,2,5,14-20,30H2,1,3-4H3. The second-order valence-electron chi connectivity index (χ2n) is 9.88. The number of alkyl halides is 1. The molecule has 0 aliphatic carbocycles. The molecular weight excluding hydrogens is 413 g/mol. The molecule has 1 atom stereocenters. The van der Waals surface area contributed by atoms with Crippen LogP contribution in [-0.4, -0.2) is 49.4 Å². The van der Waals surface area contributed by atoms with Crippen LogP contribution in [0.4, 0.5) is 4.39 Å². The van der Waals surface area contributed by atoms with Gasteiger partial charge in [-0.3, -0.25) is 0 Å². The molecule has 5 heteroatoms. The van der Waals surface area contributed by atoms with E-state index in [4.69, 9.17) is 10.5 Å². The van der Waals surface area contributed by atoms with E-state index in [0.717, 1.165) is 73.6 Å². The minimum absolute atomic E-state index is 0.142. The number of benzene rings is 2. The zero-order valence-electron chi connectivity index (χ0n) is 20.4. The molecule has 2 aromatic carbocycles. The van der Waals surface area contributed by atoms with Crippen LogP contribution in [0.25, 0.3) is 16.8 Å². The average Bonchev–Trinajstić information content (AvgIpc) is 2.81. The molecule has 0 amide bonds. The molecule has 0 spiro atoms. The van der Waals surface area contributed by atoms with Crippen molar-refractivity contribution in [3.63, 3.8) is 0 Å². The van der Waals surface area contributed by atoms with Crippen LogP contribution >= 0.6 is 0 Å². The predicted octanol–water partition coefficient (Wildman–Crippen LogP) is 5.49. The molecule has 0 saturated carbocycles. The first-order valence-corrected chi connectivity index (χ1v) is 12.2. The Balaban J connectivity index is 1.46. The number of hydrogen-bond donors (Lipinski definition) is 2. The molecule has 33 heavy (non-hydrogen) atoms. The molecule has 1 aliphatic heterocycles. The second-order valence-corrected chi connectivity index (χ2v) is 9.88. The number of nitrogens with zero attached hydrogens (tertiary/aromatic N) is 1. The Hall–Kier alpha value is -2.37. The van der Waals surface area contributed by atoms with Crippen LogP contribution in [0.5, 0.6) is 5.75 Å². The fourth-order valence-corrected chi connectivity index (χ4v) is 4.17. The number of rotatable bonds is 11. The van der Waals surface area contributed by atoms with Gasteiger partial charge in [0, 0.05) is 24.8 Å². The predicted molar refractivity (Wildman–Crippen MR) is 137 cm³/mol. The Morgan fingerprint density at radius 2 is 1.70 bits per heavy atom. The van der Waals surface area contributed by atoms with Crippen molar-refractivity contribution in [1.82, 2.24) is 10.2 Å². The minimum Gasteiger partial charge on any atom is -0.493 e. The molecule has 2 aromatic rings. The Bertz CT molecular complexity index is 866. The van der Waals surface area contributed by atoms with Crippen molar-refractivity contribution in [2.24, 2.45) is 11.7 Å². The molecular formula is C28H40FN3O. The van der Waals surface area contributed by atoms with E-state index in [1.165, 1.54) is 0 Å². The summed E-state index contributed by atoms with van der Waals surface area (Å²) in [5, 5.41) is 3.31. The molecule has 1 aliphatic rings. The van der Waals surface area contributed by atoms with Crippen molar-refractivity contribution in [1.29, 1.82) is 0 Å². The molecule has 4 nitrogen and oxygen atoms in total. The van der Waals surface area contributed by atoms with E-state index in [-0.39, 0.29) is 6.04 Å². The van der Waals surface area contributed by atoms with E-state index in [1.807, 2.05) is 12.1 Å². The van der Waals surface area contributed by atoms with Crippen molar-refractivity contribution < 1.29 is 9.13 Å². The van der Waals surface area contributed by atoms with Gasteiger partial charge in [0.25, 0.3) is 0 Å². The number of ether oxygens (including phenoxy) is 1. The van der Waals surface area contributed by atoms with E-state index < -0.39 is 5.67 Å². The summed E-state index contributed by atoms with van der Waals surface area (Å²) in [5.41, 5.74) is 9.13. The minimum atomic E-state index is -1.13. The van der Waals surface area contributed by atoms with Crippen LogP contribution in [0.3, 0.4) is 0 Å². The molecule has 1 saturated heterocycles. The molecule has 0 bridgehead atoms. The van der Waals surface area contributed by atoms with E-state index in [1.54, 1.807) is 13.8 Å². The summed E-state index contributed by atoms with van der Waals surface area (Å²) in [6.07, 6.45) is 3.06. The summed E-state index contributed by atoms with van der Waals surface area (Å²) < 4.78 is 19.9. The lowest BCUT2D eigenvalue weighted by atomic mass is 9.97. The van der Waals surface area contributed by atoms with Gasteiger partial charge in [-0.1, -0.05) is 49.9 Å². The number of piperidine rings is 1. The van der Waals surface area contributed by atoms with Crippen LogP contribution in [0.2, 0.25) is 0 Å². The highest BCUT2D eigenvalue weighted by atomic mass is 19.1. The van der Waals surface area contributed by atoms with Crippen molar-refractivity contribution >= 4 is 5.70 Å².